The number of hydrogen-bond acceptors (Lipinski definition) is 2. The first-order chi connectivity index (χ1) is 7.76. The molecule has 1 aromatic heterocycles. The first kappa shape index (κ1) is 10.7. The van der Waals surface area contributed by atoms with Crippen LogP contribution >= 0.6 is 0 Å². The highest BCUT2D eigenvalue weighted by Gasteiger charge is 2.09. The smallest absolute Gasteiger partial charge is 0.101 e. The summed E-state index contributed by atoms with van der Waals surface area (Å²) in [5.41, 5.74) is 8.50. The van der Waals surface area contributed by atoms with E-state index in [1.807, 2.05) is 24.4 Å². The second kappa shape index (κ2) is 4.38. The highest BCUT2D eigenvalue weighted by Crippen LogP contribution is 2.23. The van der Waals surface area contributed by atoms with Crippen molar-refractivity contribution in [2.75, 3.05) is 6.54 Å². The van der Waals surface area contributed by atoms with Crippen molar-refractivity contribution in [2.24, 2.45) is 11.7 Å². The van der Waals surface area contributed by atoms with E-state index in [2.05, 4.69) is 18.0 Å². The van der Waals surface area contributed by atoms with Crippen LogP contribution in [0.25, 0.3) is 10.9 Å². The van der Waals surface area contributed by atoms with Gasteiger partial charge in [-0.15, -0.1) is 0 Å². The van der Waals surface area contributed by atoms with Crippen LogP contribution in [0.2, 0.25) is 0 Å². The lowest BCUT2D eigenvalue weighted by atomic mass is 10.00. The van der Waals surface area contributed by atoms with Gasteiger partial charge in [0.2, 0.25) is 0 Å². The fraction of sp³-hybridized carbons (Fsp3) is 0.308. The average Bonchev–Trinajstić information content (AvgIpc) is 2.72. The Morgan fingerprint density at radius 1 is 1.50 bits per heavy atom. The number of nitriles is 1. The van der Waals surface area contributed by atoms with E-state index in [1.165, 1.54) is 5.56 Å². The van der Waals surface area contributed by atoms with Crippen LogP contribution in [0.5, 0.6) is 0 Å². The summed E-state index contributed by atoms with van der Waals surface area (Å²) in [7, 11) is 0. The van der Waals surface area contributed by atoms with Crippen LogP contribution in [0.15, 0.2) is 24.4 Å². The lowest BCUT2D eigenvalue weighted by Gasteiger charge is -2.06. The molecule has 3 N–H and O–H groups in total. The summed E-state index contributed by atoms with van der Waals surface area (Å²) in [6.45, 7) is 2.82. The quantitative estimate of drug-likeness (QED) is 0.820. The molecule has 0 aliphatic heterocycles. The van der Waals surface area contributed by atoms with Crippen molar-refractivity contribution in [3.05, 3.63) is 35.5 Å². The summed E-state index contributed by atoms with van der Waals surface area (Å²) in [5.74, 6) is 0.463. The fourth-order valence-corrected chi connectivity index (χ4v) is 1.93. The monoisotopic (exact) mass is 213 g/mol. The maximum Gasteiger partial charge on any atom is 0.101 e. The number of fused-ring (bicyclic) bond motifs is 1. The van der Waals surface area contributed by atoms with E-state index in [9.17, 15) is 0 Å². The summed E-state index contributed by atoms with van der Waals surface area (Å²) >= 11 is 0. The Labute approximate surface area is 94.9 Å². The number of aromatic amines is 1. The molecule has 2 aromatic rings. The summed E-state index contributed by atoms with van der Waals surface area (Å²) in [6.07, 6.45) is 2.93. The van der Waals surface area contributed by atoms with Crippen molar-refractivity contribution in [2.45, 2.75) is 13.3 Å². The molecular formula is C13H15N3. The van der Waals surface area contributed by atoms with Gasteiger partial charge in [-0.05, 0) is 30.5 Å². The molecule has 1 heterocycles. The zero-order valence-electron chi connectivity index (χ0n) is 9.33. The highest BCUT2D eigenvalue weighted by atomic mass is 14.7. The zero-order valence-corrected chi connectivity index (χ0v) is 9.33. The van der Waals surface area contributed by atoms with Gasteiger partial charge in [-0.1, -0.05) is 19.1 Å². The Morgan fingerprint density at radius 3 is 3.00 bits per heavy atom. The number of nitrogens with two attached hydrogens (primary N) is 1. The molecule has 0 aliphatic rings. The maximum atomic E-state index is 8.98. The molecule has 0 fully saturated rings. The predicted octanol–water partition coefficient (Wildman–Crippen LogP) is 2.18. The molecule has 0 bridgehead atoms. The van der Waals surface area contributed by atoms with Crippen molar-refractivity contribution in [1.82, 2.24) is 4.98 Å². The van der Waals surface area contributed by atoms with Gasteiger partial charge in [0.25, 0.3) is 0 Å². The molecule has 2 rings (SSSR count). The van der Waals surface area contributed by atoms with E-state index in [0.29, 0.717) is 18.0 Å². The maximum absolute atomic E-state index is 8.98. The molecule has 1 atom stereocenters. The van der Waals surface area contributed by atoms with Crippen molar-refractivity contribution in [1.29, 1.82) is 5.26 Å². The molecule has 0 saturated heterocycles. The minimum Gasteiger partial charge on any atom is -0.360 e. The summed E-state index contributed by atoms with van der Waals surface area (Å²) in [5, 5.41) is 10.1. The Bertz CT molecular complexity index is 534. The number of rotatable bonds is 3. The van der Waals surface area contributed by atoms with Crippen molar-refractivity contribution in [3.8, 4) is 6.07 Å². The standard InChI is InChI=1S/C13H15N3/c1-9(6-14)5-11-8-16-13-10(7-15)3-2-4-12(11)13/h2-4,8-9,16H,5-6,14H2,1H3. The molecule has 0 aliphatic carbocycles. The molecule has 0 radical (unpaired) electrons. The van der Waals surface area contributed by atoms with Crippen LogP contribution in [0.1, 0.15) is 18.1 Å². The van der Waals surface area contributed by atoms with E-state index >= 15 is 0 Å². The van der Waals surface area contributed by atoms with Crippen LogP contribution < -0.4 is 5.73 Å². The lowest BCUT2D eigenvalue weighted by Crippen LogP contribution is -2.12. The van der Waals surface area contributed by atoms with Crippen LogP contribution in [0, 0.1) is 17.2 Å². The first-order valence-electron chi connectivity index (χ1n) is 5.45. The van der Waals surface area contributed by atoms with E-state index in [-0.39, 0.29) is 0 Å². The predicted molar refractivity (Wildman–Crippen MR) is 64.9 cm³/mol. The SMILES string of the molecule is CC(CN)Cc1c[nH]c2c(C#N)cccc12. The third-order valence-electron chi connectivity index (χ3n) is 2.89. The summed E-state index contributed by atoms with van der Waals surface area (Å²) < 4.78 is 0. The second-order valence-corrected chi connectivity index (χ2v) is 4.20. The van der Waals surface area contributed by atoms with Crippen molar-refractivity contribution in [3.63, 3.8) is 0 Å². The number of benzene rings is 1. The van der Waals surface area contributed by atoms with Crippen LogP contribution in [0.3, 0.4) is 0 Å². The van der Waals surface area contributed by atoms with E-state index in [1.54, 1.807) is 0 Å². The van der Waals surface area contributed by atoms with E-state index in [0.717, 1.165) is 17.3 Å². The van der Waals surface area contributed by atoms with E-state index in [4.69, 9.17) is 11.0 Å². The van der Waals surface area contributed by atoms with Gasteiger partial charge in [0.05, 0.1) is 11.1 Å². The largest absolute Gasteiger partial charge is 0.360 e. The number of nitrogens with zero attached hydrogens (tertiary/aromatic N) is 1. The van der Waals surface area contributed by atoms with Gasteiger partial charge >= 0.3 is 0 Å². The van der Waals surface area contributed by atoms with Gasteiger partial charge in [0.1, 0.15) is 6.07 Å². The summed E-state index contributed by atoms with van der Waals surface area (Å²) in [6, 6.07) is 7.99. The Morgan fingerprint density at radius 2 is 2.31 bits per heavy atom. The number of hydrogen-bond donors (Lipinski definition) is 2. The number of nitrogens with one attached hydrogen (secondary N) is 1. The molecule has 0 saturated carbocycles. The van der Waals surface area contributed by atoms with Gasteiger partial charge in [0.15, 0.2) is 0 Å². The minimum absolute atomic E-state index is 0.463. The Kier molecular flexibility index (Phi) is 2.93. The minimum atomic E-state index is 0.463. The number of para-hydroxylation sites is 1. The summed E-state index contributed by atoms with van der Waals surface area (Å²) in [4.78, 5) is 3.17. The number of H-pyrrole nitrogens is 1. The lowest BCUT2D eigenvalue weighted by molar-refractivity contribution is 0.595. The normalized spacial score (nSPS) is 12.6. The fourth-order valence-electron chi connectivity index (χ4n) is 1.93. The van der Waals surface area contributed by atoms with Crippen LogP contribution in [-0.4, -0.2) is 11.5 Å². The van der Waals surface area contributed by atoms with Gasteiger partial charge in [-0.2, -0.15) is 5.26 Å². The van der Waals surface area contributed by atoms with Gasteiger partial charge in [0, 0.05) is 11.6 Å². The second-order valence-electron chi connectivity index (χ2n) is 4.20. The number of aromatic nitrogens is 1. The zero-order chi connectivity index (χ0) is 11.5. The highest BCUT2D eigenvalue weighted by molar-refractivity contribution is 5.87. The Hall–Kier alpha value is -1.79. The van der Waals surface area contributed by atoms with Crippen molar-refractivity contribution < 1.29 is 0 Å². The molecule has 16 heavy (non-hydrogen) atoms. The molecule has 0 amide bonds. The van der Waals surface area contributed by atoms with Crippen molar-refractivity contribution >= 4 is 10.9 Å². The molecule has 3 nitrogen and oxygen atoms in total. The molecule has 1 unspecified atom stereocenters. The molecule has 3 heteroatoms. The van der Waals surface area contributed by atoms with Gasteiger partial charge < -0.3 is 10.7 Å². The molecular weight excluding hydrogens is 198 g/mol. The molecule has 0 spiro atoms. The molecule has 1 aromatic carbocycles. The Balaban J connectivity index is 2.46. The third-order valence-corrected chi connectivity index (χ3v) is 2.89. The van der Waals surface area contributed by atoms with Gasteiger partial charge in [-0.3, -0.25) is 0 Å². The molecule has 82 valence electrons. The third kappa shape index (κ3) is 1.80. The van der Waals surface area contributed by atoms with Crippen LogP contribution in [0.4, 0.5) is 0 Å². The van der Waals surface area contributed by atoms with Crippen LogP contribution in [-0.2, 0) is 6.42 Å². The van der Waals surface area contributed by atoms with Gasteiger partial charge in [-0.25, -0.2) is 0 Å². The topological polar surface area (TPSA) is 65.6 Å². The van der Waals surface area contributed by atoms with E-state index < -0.39 is 0 Å². The first-order valence-corrected chi connectivity index (χ1v) is 5.45. The average molecular weight is 213 g/mol.